The highest BCUT2D eigenvalue weighted by atomic mass is 35.5. The van der Waals surface area contributed by atoms with Crippen molar-refractivity contribution >= 4 is 17.5 Å². The van der Waals surface area contributed by atoms with Crippen molar-refractivity contribution in [2.24, 2.45) is 5.92 Å². The Hall–Kier alpha value is -1.22. The Morgan fingerprint density at radius 3 is 2.50 bits per heavy atom. The molecule has 0 spiro atoms. The Morgan fingerprint density at radius 1 is 1.33 bits per heavy atom. The van der Waals surface area contributed by atoms with E-state index >= 15 is 0 Å². The number of hydrogen-bond acceptors (Lipinski definition) is 2. The molecule has 1 N–H and O–H groups in total. The van der Waals surface area contributed by atoms with Crippen molar-refractivity contribution in [3.63, 3.8) is 0 Å². The topological polar surface area (TPSA) is 38.3 Å². The summed E-state index contributed by atoms with van der Waals surface area (Å²) in [7, 11) is 0. The number of amides is 1. The second-order valence-corrected chi connectivity index (χ2v) is 5.21. The van der Waals surface area contributed by atoms with Gasteiger partial charge < -0.3 is 10.1 Å². The average Bonchev–Trinajstić information content (AvgIpc) is 2.28. The van der Waals surface area contributed by atoms with Crippen LogP contribution in [0.25, 0.3) is 0 Å². The van der Waals surface area contributed by atoms with Crippen molar-refractivity contribution in [3.8, 4) is 5.75 Å². The molecule has 0 saturated heterocycles. The van der Waals surface area contributed by atoms with Gasteiger partial charge in [-0.3, -0.25) is 4.79 Å². The summed E-state index contributed by atoms with van der Waals surface area (Å²) in [6, 6.07) is 5.56. The highest BCUT2D eigenvalue weighted by Gasteiger charge is 2.08. The minimum Gasteiger partial charge on any atom is -0.489 e. The van der Waals surface area contributed by atoms with Crippen molar-refractivity contribution < 1.29 is 9.53 Å². The fourth-order valence-corrected chi connectivity index (χ4v) is 1.64. The van der Waals surface area contributed by atoms with Crippen molar-refractivity contribution in [3.05, 3.63) is 28.8 Å². The smallest absolute Gasteiger partial charge is 0.222 e. The third-order valence-corrected chi connectivity index (χ3v) is 2.65. The van der Waals surface area contributed by atoms with E-state index in [-0.39, 0.29) is 17.9 Å². The lowest BCUT2D eigenvalue weighted by molar-refractivity contribution is -0.124. The maximum absolute atomic E-state index is 11.4. The van der Waals surface area contributed by atoms with Crippen LogP contribution in [0.3, 0.4) is 0 Å². The van der Waals surface area contributed by atoms with Gasteiger partial charge in [-0.25, -0.2) is 0 Å². The van der Waals surface area contributed by atoms with E-state index in [9.17, 15) is 4.79 Å². The molecule has 0 radical (unpaired) electrons. The van der Waals surface area contributed by atoms with E-state index < -0.39 is 0 Å². The fraction of sp³-hybridized carbons (Fsp3) is 0.500. The minimum absolute atomic E-state index is 0.0102. The molecule has 3 nitrogen and oxygen atoms in total. The summed E-state index contributed by atoms with van der Waals surface area (Å²) in [5.74, 6) is 0.697. The molecule has 0 heterocycles. The number of hydrogen-bond donors (Lipinski definition) is 1. The van der Waals surface area contributed by atoms with Crippen LogP contribution in [-0.4, -0.2) is 12.0 Å². The second-order valence-electron chi connectivity index (χ2n) is 4.80. The predicted molar refractivity (Wildman–Crippen MR) is 73.9 cm³/mol. The van der Waals surface area contributed by atoms with E-state index in [1.54, 1.807) is 0 Å². The Bertz CT molecular complexity index is 416. The second kappa shape index (κ2) is 6.64. The third kappa shape index (κ3) is 4.57. The highest BCUT2D eigenvalue weighted by molar-refractivity contribution is 6.32. The van der Waals surface area contributed by atoms with Gasteiger partial charge in [0.25, 0.3) is 0 Å². The SMILES string of the molecule is CC(C)Oc1ccc(CNC(=O)C(C)C)cc1Cl. The van der Waals surface area contributed by atoms with Crippen LogP contribution < -0.4 is 10.1 Å². The number of carbonyl (C=O) groups excluding carboxylic acids is 1. The molecule has 0 saturated carbocycles. The van der Waals surface area contributed by atoms with Gasteiger partial charge in [-0.1, -0.05) is 31.5 Å². The number of benzene rings is 1. The Morgan fingerprint density at radius 2 is 2.00 bits per heavy atom. The Kier molecular flexibility index (Phi) is 5.48. The molecule has 4 heteroatoms. The lowest BCUT2D eigenvalue weighted by Crippen LogP contribution is -2.27. The molecule has 1 rings (SSSR count). The van der Waals surface area contributed by atoms with Gasteiger partial charge in [-0.05, 0) is 31.5 Å². The summed E-state index contributed by atoms with van der Waals surface area (Å²) < 4.78 is 5.54. The fourth-order valence-electron chi connectivity index (χ4n) is 1.40. The molecule has 0 fully saturated rings. The zero-order chi connectivity index (χ0) is 13.7. The summed E-state index contributed by atoms with van der Waals surface area (Å²) in [6.45, 7) is 8.11. The van der Waals surface area contributed by atoms with E-state index in [0.29, 0.717) is 17.3 Å². The molecule has 1 aromatic carbocycles. The van der Waals surface area contributed by atoms with Crippen molar-refractivity contribution in [1.29, 1.82) is 0 Å². The molecule has 100 valence electrons. The zero-order valence-electron chi connectivity index (χ0n) is 11.3. The lowest BCUT2D eigenvalue weighted by atomic mass is 10.2. The molecular formula is C14H20ClNO2. The molecular weight excluding hydrogens is 250 g/mol. The first-order chi connectivity index (χ1) is 8.40. The van der Waals surface area contributed by atoms with Crippen LogP contribution in [0, 0.1) is 5.92 Å². The average molecular weight is 270 g/mol. The van der Waals surface area contributed by atoms with Gasteiger partial charge >= 0.3 is 0 Å². The van der Waals surface area contributed by atoms with Crippen LogP contribution in [0.15, 0.2) is 18.2 Å². The van der Waals surface area contributed by atoms with Crippen LogP contribution in [0.5, 0.6) is 5.75 Å². The van der Waals surface area contributed by atoms with Gasteiger partial charge in [0.05, 0.1) is 11.1 Å². The summed E-state index contributed by atoms with van der Waals surface area (Å²) in [4.78, 5) is 11.4. The minimum atomic E-state index is -0.0102. The quantitative estimate of drug-likeness (QED) is 0.890. The predicted octanol–water partition coefficient (Wildman–Crippen LogP) is 3.40. The van der Waals surface area contributed by atoms with Crippen LogP contribution >= 0.6 is 11.6 Å². The molecule has 0 aliphatic rings. The van der Waals surface area contributed by atoms with Crippen molar-refractivity contribution in [1.82, 2.24) is 5.32 Å². The molecule has 0 bridgehead atoms. The van der Waals surface area contributed by atoms with Crippen LogP contribution in [0.4, 0.5) is 0 Å². The number of ether oxygens (including phenoxy) is 1. The third-order valence-electron chi connectivity index (χ3n) is 2.35. The summed E-state index contributed by atoms with van der Waals surface area (Å²) in [6.07, 6.45) is 0.0917. The monoisotopic (exact) mass is 269 g/mol. The van der Waals surface area contributed by atoms with Gasteiger partial charge in [0.1, 0.15) is 5.75 Å². The van der Waals surface area contributed by atoms with Crippen LogP contribution in [0.2, 0.25) is 5.02 Å². The molecule has 0 aromatic heterocycles. The van der Waals surface area contributed by atoms with Crippen LogP contribution in [0.1, 0.15) is 33.3 Å². The highest BCUT2D eigenvalue weighted by Crippen LogP contribution is 2.26. The van der Waals surface area contributed by atoms with Gasteiger partial charge in [-0.15, -0.1) is 0 Å². The molecule has 18 heavy (non-hydrogen) atoms. The number of halogens is 1. The Labute approximate surface area is 113 Å². The standard InChI is InChI=1S/C14H20ClNO2/c1-9(2)14(17)16-8-11-5-6-13(12(15)7-11)18-10(3)4/h5-7,9-10H,8H2,1-4H3,(H,16,17). The van der Waals surface area contributed by atoms with Crippen molar-refractivity contribution in [2.75, 3.05) is 0 Å². The summed E-state index contributed by atoms with van der Waals surface area (Å²) >= 11 is 6.11. The number of carbonyl (C=O) groups is 1. The van der Waals surface area contributed by atoms with Gasteiger partial charge in [0.2, 0.25) is 5.91 Å². The van der Waals surface area contributed by atoms with Gasteiger partial charge in [0, 0.05) is 12.5 Å². The van der Waals surface area contributed by atoms with E-state index in [1.807, 2.05) is 45.9 Å². The molecule has 0 aliphatic carbocycles. The van der Waals surface area contributed by atoms with E-state index in [4.69, 9.17) is 16.3 Å². The molecule has 0 unspecified atom stereocenters. The van der Waals surface area contributed by atoms with E-state index in [1.165, 1.54) is 0 Å². The van der Waals surface area contributed by atoms with E-state index in [0.717, 1.165) is 5.56 Å². The maximum atomic E-state index is 11.4. The lowest BCUT2D eigenvalue weighted by Gasteiger charge is -2.13. The first kappa shape index (κ1) is 14.8. The maximum Gasteiger partial charge on any atom is 0.222 e. The number of rotatable bonds is 5. The molecule has 1 aromatic rings. The summed E-state index contributed by atoms with van der Waals surface area (Å²) in [5.41, 5.74) is 0.963. The number of nitrogens with one attached hydrogen (secondary N) is 1. The molecule has 0 atom stereocenters. The first-order valence-corrected chi connectivity index (χ1v) is 6.50. The first-order valence-electron chi connectivity index (χ1n) is 6.13. The van der Waals surface area contributed by atoms with Gasteiger partial charge in [0.15, 0.2) is 0 Å². The molecule has 1 amide bonds. The largest absolute Gasteiger partial charge is 0.489 e. The van der Waals surface area contributed by atoms with Crippen molar-refractivity contribution in [2.45, 2.75) is 40.3 Å². The van der Waals surface area contributed by atoms with Crippen LogP contribution in [-0.2, 0) is 11.3 Å². The van der Waals surface area contributed by atoms with Gasteiger partial charge in [-0.2, -0.15) is 0 Å². The summed E-state index contributed by atoms with van der Waals surface area (Å²) in [5, 5.41) is 3.42. The zero-order valence-corrected chi connectivity index (χ0v) is 12.0. The van der Waals surface area contributed by atoms with E-state index in [2.05, 4.69) is 5.32 Å². The normalized spacial score (nSPS) is 10.8. The molecule has 0 aliphatic heterocycles. The Balaban J connectivity index is 2.64.